The van der Waals surface area contributed by atoms with Crippen LogP contribution in [0.1, 0.15) is 16.8 Å². The first kappa shape index (κ1) is 15.5. The molecule has 0 saturated carbocycles. The van der Waals surface area contributed by atoms with Crippen molar-refractivity contribution in [1.29, 1.82) is 0 Å². The van der Waals surface area contributed by atoms with Gasteiger partial charge in [-0.1, -0.05) is 12.1 Å². The van der Waals surface area contributed by atoms with Gasteiger partial charge in [-0.2, -0.15) is 0 Å². The van der Waals surface area contributed by atoms with Crippen LogP contribution < -0.4 is 5.73 Å². The van der Waals surface area contributed by atoms with Gasteiger partial charge in [0.25, 0.3) is 0 Å². The van der Waals surface area contributed by atoms with E-state index in [0.29, 0.717) is 6.54 Å². The normalized spacial score (nSPS) is 11.1. The second-order valence-electron chi connectivity index (χ2n) is 6.05. The highest BCUT2D eigenvalue weighted by Crippen LogP contribution is 2.25. The van der Waals surface area contributed by atoms with Gasteiger partial charge in [-0.25, -0.2) is 4.39 Å². The third-order valence-electron chi connectivity index (χ3n) is 4.42. The Bertz CT molecular complexity index is 1020. The van der Waals surface area contributed by atoms with Gasteiger partial charge in [-0.15, -0.1) is 0 Å². The highest BCUT2D eigenvalue weighted by Gasteiger charge is 2.08. The molecule has 0 amide bonds. The zero-order valence-electron chi connectivity index (χ0n) is 13.7. The second kappa shape index (κ2) is 6.49. The van der Waals surface area contributed by atoms with E-state index in [1.165, 1.54) is 23.1 Å². The molecule has 0 aliphatic rings. The summed E-state index contributed by atoms with van der Waals surface area (Å²) < 4.78 is 15.3. The van der Waals surface area contributed by atoms with E-state index >= 15 is 0 Å². The number of benzene rings is 2. The first-order valence-electron chi connectivity index (χ1n) is 8.23. The molecular weight excluding hydrogens is 313 g/mol. The van der Waals surface area contributed by atoms with Crippen molar-refractivity contribution in [2.24, 2.45) is 5.73 Å². The van der Waals surface area contributed by atoms with E-state index in [2.05, 4.69) is 33.8 Å². The van der Waals surface area contributed by atoms with Crippen molar-refractivity contribution in [1.82, 2.24) is 9.55 Å². The lowest BCUT2D eigenvalue weighted by molar-refractivity contribution is 0.627. The minimum Gasteiger partial charge on any atom is -0.326 e. The van der Waals surface area contributed by atoms with Crippen LogP contribution in [0.25, 0.3) is 16.6 Å². The second-order valence-corrected chi connectivity index (χ2v) is 6.05. The zero-order chi connectivity index (χ0) is 17.2. The average Bonchev–Trinajstić information content (AvgIpc) is 3.08. The number of nitrogens with two attached hydrogens (primary N) is 1. The van der Waals surface area contributed by atoms with Gasteiger partial charge in [-0.05, 0) is 59.7 Å². The average molecular weight is 331 g/mol. The number of nitrogens with zero attached hydrogens (tertiary/aromatic N) is 2. The maximum Gasteiger partial charge on any atom is 0.123 e. The Kier molecular flexibility index (Phi) is 4.04. The standard InChI is InChI=1S/C21H18FN3/c22-17-4-6-19(7-5-17)25-11-9-20-16(2-1-3-21(20)25)13-18-12-15(14-23)8-10-24-18/h1-12H,13-14,23H2. The van der Waals surface area contributed by atoms with Crippen molar-refractivity contribution in [2.45, 2.75) is 13.0 Å². The zero-order valence-corrected chi connectivity index (χ0v) is 13.7. The number of halogens is 1. The SMILES string of the molecule is NCc1ccnc(Cc2cccc3c2ccn3-c2ccc(F)cc2)c1. The monoisotopic (exact) mass is 331 g/mol. The Labute approximate surface area is 145 Å². The van der Waals surface area contributed by atoms with E-state index in [4.69, 9.17) is 5.73 Å². The van der Waals surface area contributed by atoms with E-state index in [1.54, 1.807) is 18.3 Å². The molecule has 0 spiro atoms. The van der Waals surface area contributed by atoms with Gasteiger partial charge in [0.15, 0.2) is 0 Å². The lowest BCUT2D eigenvalue weighted by Crippen LogP contribution is -2.00. The summed E-state index contributed by atoms with van der Waals surface area (Å²) in [5.41, 5.74) is 11.1. The van der Waals surface area contributed by atoms with E-state index < -0.39 is 0 Å². The number of pyridine rings is 1. The Morgan fingerprint density at radius 1 is 1.00 bits per heavy atom. The molecule has 3 nitrogen and oxygen atoms in total. The molecule has 2 aromatic carbocycles. The third-order valence-corrected chi connectivity index (χ3v) is 4.42. The fourth-order valence-electron chi connectivity index (χ4n) is 3.16. The van der Waals surface area contributed by atoms with Crippen molar-refractivity contribution in [3.8, 4) is 5.69 Å². The minimum absolute atomic E-state index is 0.230. The number of hydrogen-bond acceptors (Lipinski definition) is 2. The molecule has 0 atom stereocenters. The van der Waals surface area contributed by atoms with Crippen LogP contribution in [0.3, 0.4) is 0 Å². The first-order valence-corrected chi connectivity index (χ1v) is 8.23. The summed E-state index contributed by atoms with van der Waals surface area (Å²) in [5, 5.41) is 1.17. The third kappa shape index (κ3) is 3.04. The molecule has 0 aliphatic heterocycles. The Balaban J connectivity index is 1.75. The number of rotatable bonds is 4. The molecule has 4 aromatic rings. The van der Waals surface area contributed by atoms with Gasteiger partial charge in [0, 0.05) is 42.1 Å². The first-order chi connectivity index (χ1) is 12.2. The lowest BCUT2D eigenvalue weighted by atomic mass is 10.0. The molecule has 0 aliphatic carbocycles. The van der Waals surface area contributed by atoms with Crippen LogP contribution in [0.5, 0.6) is 0 Å². The summed E-state index contributed by atoms with van der Waals surface area (Å²) in [4.78, 5) is 4.46. The number of fused-ring (bicyclic) bond motifs is 1. The van der Waals surface area contributed by atoms with Gasteiger partial charge >= 0.3 is 0 Å². The van der Waals surface area contributed by atoms with Gasteiger partial charge in [-0.3, -0.25) is 4.98 Å². The molecule has 0 bridgehead atoms. The van der Waals surface area contributed by atoms with E-state index in [9.17, 15) is 4.39 Å². The topological polar surface area (TPSA) is 43.8 Å². The molecule has 2 N–H and O–H groups in total. The molecular formula is C21H18FN3. The Morgan fingerprint density at radius 3 is 2.64 bits per heavy atom. The molecule has 25 heavy (non-hydrogen) atoms. The van der Waals surface area contributed by atoms with Crippen LogP contribution in [0, 0.1) is 5.82 Å². The van der Waals surface area contributed by atoms with Crippen LogP contribution in [0.15, 0.2) is 73.1 Å². The summed E-state index contributed by atoms with van der Waals surface area (Å²) in [6.07, 6.45) is 4.57. The number of hydrogen-bond donors (Lipinski definition) is 1. The van der Waals surface area contributed by atoms with Crippen molar-refractivity contribution in [3.05, 3.63) is 95.7 Å². The molecule has 4 heteroatoms. The van der Waals surface area contributed by atoms with Crippen LogP contribution >= 0.6 is 0 Å². The largest absolute Gasteiger partial charge is 0.326 e. The summed E-state index contributed by atoms with van der Waals surface area (Å²) in [6.45, 7) is 0.515. The molecule has 0 fully saturated rings. The van der Waals surface area contributed by atoms with Crippen LogP contribution in [0.4, 0.5) is 4.39 Å². The highest BCUT2D eigenvalue weighted by atomic mass is 19.1. The molecule has 124 valence electrons. The Hall–Kier alpha value is -2.98. The van der Waals surface area contributed by atoms with Gasteiger partial charge in [0.1, 0.15) is 5.82 Å². The van der Waals surface area contributed by atoms with Gasteiger partial charge in [0.2, 0.25) is 0 Å². The molecule has 4 rings (SSSR count). The van der Waals surface area contributed by atoms with Crippen LogP contribution in [-0.2, 0) is 13.0 Å². The fraction of sp³-hybridized carbons (Fsp3) is 0.0952. The molecule has 0 unspecified atom stereocenters. The molecule has 0 radical (unpaired) electrons. The highest BCUT2D eigenvalue weighted by molar-refractivity contribution is 5.85. The molecule has 2 heterocycles. The van der Waals surface area contributed by atoms with Crippen LogP contribution in [0.2, 0.25) is 0 Å². The smallest absolute Gasteiger partial charge is 0.123 e. The maximum atomic E-state index is 13.2. The predicted molar refractivity (Wildman–Crippen MR) is 98.2 cm³/mol. The maximum absolute atomic E-state index is 13.2. The number of aromatic nitrogens is 2. The lowest BCUT2D eigenvalue weighted by Gasteiger charge is -2.08. The van der Waals surface area contributed by atoms with Crippen molar-refractivity contribution in [2.75, 3.05) is 0 Å². The quantitative estimate of drug-likeness (QED) is 0.609. The van der Waals surface area contributed by atoms with E-state index in [-0.39, 0.29) is 5.82 Å². The summed E-state index contributed by atoms with van der Waals surface area (Å²) in [6, 6.07) is 18.9. The van der Waals surface area contributed by atoms with E-state index in [0.717, 1.165) is 28.9 Å². The van der Waals surface area contributed by atoms with Crippen molar-refractivity contribution < 1.29 is 4.39 Å². The summed E-state index contributed by atoms with van der Waals surface area (Å²) >= 11 is 0. The molecule has 0 saturated heterocycles. The van der Waals surface area contributed by atoms with E-state index in [1.807, 2.05) is 18.3 Å². The van der Waals surface area contributed by atoms with Gasteiger partial charge in [0.05, 0.1) is 5.52 Å². The predicted octanol–water partition coefficient (Wildman–Crippen LogP) is 4.21. The van der Waals surface area contributed by atoms with Gasteiger partial charge < -0.3 is 10.3 Å². The Morgan fingerprint density at radius 2 is 1.84 bits per heavy atom. The van der Waals surface area contributed by atoms with Crippen molar-refractivity contribution in [3.63, 3.8) is 0 Å². The van der Waals surface area contributed by atoms with Crippen LogP contribution in [-0.4, -0.2) is 9.55 Å². The fourth-order valence-corrected chi connectivity index (χ4v) is 3.16. The van der Waals surface area contributed by atoms with Crippen molar-refractivity contribution >= 4 is 10.9 Å². The molecule has 2 aromatic heterocycles. The minimum atomic E-state index is -0.230. The summed E-state index contributed by atoms with van der Waals surface area (Å²) in [7, 11) is 0. The summed E-state index contributed by atoms with van der Waals surface area (Å²) in [5.74, 6) is -0.230.